The Labute approximate surface area is 200 Å². The summed E-state index contributed by atoms with van der Waals surface area (Å²) in [7, 11) is 0. The molecule has 1 unspecified atom stereocenters. The predicted octanol–water partition coefficient (Wildman–Crippen LogP) is 6.73. The van der Waals surface area contributed by atoms with Crippen molar-refractivity contribution in [1.82, 2.24) is 10.6 Å². The minimum Gasteiger partial charge on any atom is -0.350 e. The molecule has 0 saturated carbocycles. The van der Waals surface area contributed by atoms with Gasteiger partial charge in [-0.3, -0.25) is 9.59 Å². The lowest BCUT2D eigenvalue weighted by atomic mass is 10.1. The largest absolute Gasteiger partial charge is 0.350 e. The fourth-order valence-corrected chi connectivity index (χ4v) is 3.65. The molecule has 0 fully saturated rings. The highest BCUT2D eigenvalue weighted by Gasteiger charge is 2.09. The Hall–Kier alpha value is -1.95. The van der Waals surface area contributed by atoms with Crippen LogP contribution >= 0.6 is 12.2 Å². The highest BCUT2D eigenvalue weighted by Crippen LogP contribution is 2.12. The molecule has 0 aliphatic heterocycles. The van der Waals surface area contributed by atoms with Gasteiger partial charge in [0.25, 0.3) is 5.91 Å². The molecule has 0 aliphatic rings. The minimum atomic E-state index is -0.0891. The van der Waals surface area contributed by atoms with Gasteiger partial charge in [0.15, 0.2) is 5.11 Å². The van der Waals surface area contributed by atoms with Gasteiger partial charge in [-0.05, 0) is 56.2 Å². The average molecular weight is 462 g/mol. The quantitative estimate of drug-likeness (QED) is 0.189. The molecular formula is C26H43N3O2S. The fourth-order valence-electron chi connectivity index (χ4n) is 3.42. The van der Waals surface area contributed by atoms with Crippen LogP contribution in [0.3, 0.4) is 0 Å². The molecule has 0 saturated heterocycles. The predicted molar refractivity (Wildman–Crippen MR) is 139 cm³/mol. The summed E-state index contributed by atoms with van der Waals surface area (Å²) in [6.07, 6.45) is 15.3. The summed E-state index contributed by atoms with van der Waals surface area (Å²) in [4.78, 5) is 24.2. The van der Waals surface area contributed by atoms with Crippen molar-refractivity contribution < 1.29 is 9.59 Å². The first-order valence-corrected chi connectivity index (χ1v) is 12.9. The van der Waals surface area contributed by atoms with E-state index in [2.05, 4.69) is 22.9 Å². The van der Waals surface area contributed by atoms with Crippen LogP contribution in [0.5, 0.6) is 0 Å². The highest BCUT2D eigenvalue weighted by atomic mass is 32.1. The van der Waals surface area contributed by atoms with Crippen molar-refractivity contribution in [2.45, 2.75) is 110 Å². The summed E-state index contributed by atoms with van der Waals surface area (Å²) in [5.41, 5.74) is 1.34. The van der Waals surface area contributed by atoms with Crippen LogP contribution in [0.4, 0.5) is 5.69 Å². The molecule has 180 valence electrons. The second kappa shape index (κ2) is 17.6. The van der Waals surface area contributed by atoms with Crippen molar-refractivity contribution in [3.8, 4) is 0 Å². The number of amides is 2. The van der Waals surface area contributed by atoms with E-state index >= 15 is 0 Å². The minimum absolute atomic E-state index is 0.0528. The number of thiocarbonyl (C=S) groups is 1. The van der Waals surface area contributed by atoms with Gasteiger partial charge in [-0.15, -0.1) is 0 Å². The molecular weight excluding hydrogens is 418 g/mol. The normalized spacial score (nSPS) is 11.6. The number of nitrogens with one attached hydrogen (secondary N) is 3. The van der Waals surface area contributed by atoms with E-state index < -0.39 is 0 Å². The summed E-state index contributed by atoms with van der Waals surface area (Å²) in [5.74, 6) is -0.142. The van der Waals surface area contributed by atoms with Gasteiger partial charge in [-0.25, -0.2) is 0 Å². The van der Waals surface area contributed by atoms with Gasteiger partial charge in [0.1, 0.15) is 0 Å². The van der Waals surface area contributed by atoms with E-state index in [4.69, 9.17) is 12.2 Å². The number of anilines is 1. The maximum absolute atomic E-state index is 12.1. The molecule has 0 aliphatic carbocycles. The van der Waals surface area contributed by atoms with Crippen LogP contribution in [0, 0.1) is 0 Å². The van der Waals surface area contributed by atoms with E-state index in [1.165, 1.54) is 57.8 Å². The number of hydrogen-bond acceptors (Lipinski definition) is 3. The molecule has 1 aromatic carbocycles. The number of carbonyl (C=O) groups is 2. The molecule has 0 radical (unpaired) electrons. The Morgan fingerprint density at radius 1 is 0.844 bits per heavy atom. The van der Waals surface area contributed by atoms with Gasteiger partial charge in [0, 0.05) is 23.7 Å². The van der Waals surface area contributed by atoms with E-state index in [1.807, 2.05) is 13.8 Å². The van der Waals surface area contributed by atoms with Crippen molar-refractivity contribution in [2.24, 2.45) is 0 Å². The molecule has 0 aromatic heterocycles. The van der Waals surface area contributed by atoms with Gasteiger partial charge in [0.05, 0.1) is 0 Å². The Morgan fingerprint density at radius 2 is 1.38 bits per heavy atom. The zero-order valence-electron chi connectivity index (χ0n) is 20.3. The molecule has 0 heterocycles. The Balaban J connectivity index is 2.14. The third-order valence-corrected chi connectivity index (χ3v) is 5.86. The molecule has 6 heteroatoms. The Kier molecular flexibility index (Phi) is 15.4. The monoisotopic (exact) mass is 461 g/mol. The summed E-state index contributed by atoms with van der Waals surface area (Å²) in [6, 6.07) is 7.20. The van der Waals surface area contributed by atoms with Crippen LogP contribution in [0.25, 0.3) is 0 Å². The van der Waals surface area contributed by atoms with Crippen LogP contribution < -0.4 is 16.0 Å². The molecule has 1 atom stereocenters. The van der Waals surface area contributed by atoms with E-state index in [0.29, 0.717) is 12.0 Å². The van der Waals surface area contributed by atoms with Crippen molar-refractivity contribution in [3.05, 3.63) is 29.8 Å². The van der Waals surface area contributed by atoms with Gasteiger partial charge >= 0.3 is 0 Å². The van der Waals surface area contributed by atoms with Gasteiger partial charge < -0.3 is 16.0 Å². The first kappa shape index (κ1) is 28.1. The van der Waals surface area contributed by atoms with Crippen LogP contribution in [0.2, 0.25) is 0 Å². The van der Waals surface area contributed by atoms with Crippen LogP contribution in [0.1, 0.15) is 115 Å². The van der Waals surface area contributed by atoms with Crippen LogP contribution in [-0.2, 0) is 4.79 Å². The molecule has 32 heavy (non-hydrogen) atoms. The highest BCUT2D eigenvalue weighted by molar-refractivity contribution is 7.80. The summed E-state index contributed by atoms with van der Waals surface area (Å²) < 4.78 is 0. The fraction of sp³-hybridized carbons (Fsp3) is 0.654. The van der Waals surface area contributed by atoms with E-state index in [-0.39, 0.29) is 23.0 Å². The zero-order chi connectivity index (χ0) is 23.6. The lowest BCUT2D eigenvalue weighted by molar-refractivity contribution is -0.119. The number of benzene rings is 1. The number of unbranched alkanes of at least 4 members (excludes halogenated alkanes) is 10. The molecule has 2 amide bonds. The molecule has 1 rings (SSSR count). The van der Waals surface area contributed by atoms with E-state index in [1.54, 1.807) is 24.3 Å². The maximum atomic E-state index is 12.1. The van der Waals surface area contributed by atoms with Gasteiger partial charge in [-0.2, -0.15) is 0 Å². The topological polar surface area (TPSA) is 70.2 Å². The smallest absolute Gasteiger partial charge is 0.251 e. The third-order valence-electron chi connectivity index (χ3n) is 5.66. The standard InChI is InChI=1S/C26H43N3O2S/c1-4-6-7-8-9-10-11-12-13-14-15-16-24(30)29-26(32)28-23-19-17-22(18-20-23)25(31)27-21(3)5-2/h17-21H,4-16H2,1-3H3,(H,27,31)(H2,28,29,30,32). The van der Waals surface area contributed by atoms with Crippen molar-refractivity contribution in [1.29, 1.82) is 0 Å². The van der Waals surface area contributed by atoms with Crippen molar-refractivity contribution in [3.63, 3.8) is 0 Å². The van der Waals surface area contributed by atoms with Gasteiger partial charge in [-0.1, -0.05) is 78.1 Å². The number of carbonyl (C=O) groups excluding carboxylic acids is 2. The molecule has 0 bridgehead atoms. The van der Waals surface area contributed by atoms with Crippen LogP contribution in [0.15, 0.2) is 24.3 Å². The number of hydrogen-bond donors (Lipinski definition) is 3. The lowest BCUT2D eigenvalue weighted by Crippen LogP contribution is -2.34. The van der Waals surface area contributed by atoms with E-state index in [9.17, 15) is 9.59 Å². The average Bonchev–Trinajstić information content (AvgIpc) is 2.77. The summed E-state index contributed by atoms with van der Waals surface area (Å²) >= 11 is 5.23. The SMILES string of the molecule is CCCCCCCCCCCCCC(=O)NC(=S)Nc1ccc(C(=O)NC(C)CC)cc1. The molecule has 0 spiro atoms. The molecule has 1 aromatic rings. The maximum Gasteiger partial charge on any atom is 0.251 e. The molecule has 3 N–H and O–H groups in total. The Morgan fingerprint density at radius 3 is 1.91 bits per heavy atom. The number of rotatable bonds is 16. The van der Waals surface area contributed by atoms with Crippen LogP contribution in [-0.4, -0.2) is 23.0 Å². The first-order chi connectivity index (χ1) is 15.5. The Bertz CT molecular complexity index is 676. The zero-order valence-corrected chi connectivity index (χ0v) is 21.1. The molecule has 5 nitrogen and oxygen atoms in total. The lowest BCUT2D eigenvalue weighted by Gasteiger charge is -2.12. The van der Waals surface area contributed by atoms with Crippen molar-refractivity contribution in [2.75, 3.05) is 5.32 Å². The third kappa shape index (κ3) is 13.5. The summed E-state index contributed by atoms with van der Waals surface area (Å²) in [6.45, 7) is 6.26. The first-order valence-electron chi connectivity index (χ1n) is 12.5. The van der Waals surface area contributed by atoms with E-state index in [0.717, 1.165) is 24.9 Å². The van der Waals surface area contributed by atoms with Crippen molar-refractivity contribution >= 4 is 34.8 Å². The summed E-state index contributed by atoms with van der Waals surface area (Å²) in [5, 5.41) is 8.96. The second-order valence-electron chi connectivity index (χ2n) is 8.65. The second-order valence-corrected chi connectivity index (χ2v) is 9.06. The van der Waals surface area contributed by atoms with Gasteiger partial charge in [0.2, 0.25) is 5.91 Å².